The lowest BCUT2D eigenvalue weighted by Crippen LogP contribution is -2.51. The maximum absolute atomic E-state index is 9.22. The minimum absolute atomic E-state index is 0.359. The van der Waals surface area contributed by atoms with Crippen LogP contribution < -0.4 is 0 Å². The van der Waals surface area contributed by atoms with E-state index in [0.717, 1.165) is 54.6 Å². The van der Waals surface area contributed by atoms with Gasteiger partial charge in [0, 0.05) is 12.3 Å². The van der Waals surface area contributed by atoms with Crippen LogP contribution in [0.25, 0.3) is 0 Å². The molecule has 0 aliphatic heterocycles. The molecule has 0 bridgehead atoms. The van der Waals surface area contributed by atoms with Crippen molar-refractivity contribution in [3.63, 3.8) is 0 Å². The molecule has 3 fully saturated rings. The number of aliphatic hydroxyl groups excluding tert-OH is 1. The van der Waals surface area contributed by atoms with Crippen LogP contribution in [0.1, 0.15) is 71.6 Å². The van der Waals surface area contributed by atoms with Crippen LogP contribution >= 0.6 is 0 Å². The summed E-state index contributed by atoms with van der Waals surface area (Å²) in [4.78, 5) is 0. The lowest BCUT2D eigenvalue weighted by molar-refractivity contribution is -0.0765. The molecule has 0 aromatic heterocycles. The predicted molar refractivity (Wildman–Crippen MR) is 87.6 cm³/mol. The highest BCUT2D eigenvalue weighted by atomic mass is 16.2. The van der Waals surface area contributed by atoms with E-state index in [0.29, 0.717) is 12.0 Å². The van der Waals surface area contributed by atoms with Gasteiger partial charge in [-0.2, -0.15) is 0 Å². The molecule has 3 aliphatic rings. The van der Waals surface area contributed by atoms with E-state index in [1.54, 1.807) is 0 Å². The van der Waals surface area contributed by atoms with E-state index < -0.39 is 0 Å². The SMILES string of the molecule is C[C@@H]1CCC2C(CCC3CC(=N)CC[C@@]32C)C1CCCO. The average Bonchev–Trinajstić information content (AvgIpc) is 2.47. The third-order valence-electron chi connectivity index (χ3n) is 7.51. The van der Waals surface area contributed by atoms with Crippen LogP contribution in [0.3, 0.4) is 0 Å². The lowest BCUT2D eigenvalue weighted by Gasteiger charge is -2.58. The van der Waals surface area contributed by atoms with Crippen molar-refractivity contribution in [3.05, 3.63) is 0 Å². The molecule has 3 aliphatic carbocycles. The molecular formula is C19H33NO. The van der Waals surface area contributed by atoms with Gasteiger partial charge < -0.3 is 10.5 Å². The van der Waals surface area contributed by atoms with E-state index in [-0.39, 0.29) is 0 Å². The second-order valence-corrected chi connectivity index (χ2v) is 8.44. The van der Waals surface area contributed by atoms with E-state index >= 15 is 0 Å². The highest BCUT2D eigenvalue weighted by Gasteiger charge is 2.53. The summed E-state index contributed by atoms with van der Waals surface area (Å²) in [7, 11) is 0. The first-order valence-electron chi connectivity index (χ1n) is 9.23. The third kappa shape index (κ3) is 2.69. The molecule has 0 amide bonds. The molecular weight excluding hydrogens is 258 g/mol. The van der Waals surface area contributed by atoms with Crippen LogP contribution in [0.15, 0.2) is 0 Å². The number of rotatable bonds is 3. The second kappa shape index (κ2) is 6.02. The first-order chi connectivity index (χ1) is 10.1. The normalized spacial score (nSPS) is 46.8. The van der Waals surface area contributed by atoms with Gasteiger partial charge in [-0.3, -0.25) is 0 Å². The van der Waals surface area contributed by atoms with Gasteiger partial charge in [-0.15, -0.1) is 0 Å². The van der Waals surface area contributed by atoms with E-state index in [2.05, 4.69) is 13.8 Å². The molecule has 2 heteroatoms. The second-order valence-electron chi connectivity index (χ2n) is 8.44. The van der Waals surface area contributed by atoms with Crippen LogP contribution in [-0.4, -0.2) is 17.4 Å². The summed E-state index contributed by atoms with van der Waals surface area (Å²) in [6.07, 6.45) is 11.2. The minimum atomic E-state index is 0.359. The molecule has 0 spiro atoms. The van der Waals surface area contributed by atoms with E-state index in [4.69, 9.17) is 5.41 Å². The molecule has 0 saturated heterocycles. The molecule has 0 aromatic carbocycles. The van der Waals surface area contributed by atoms with Gasteiger partial charge in [-0.25, -0.2) is 0 Å². The van der Waals surface area contributed by atoms with Crippen molar-refractivity contribution < 1.29 is 5.11 Å². The average molecular weight is 291 g/mol. The largest absolute Gasteiger partial charge is 0.396 e. The van der Waals surface area contributed by atoms with Crippen LogP contribution in [0.5, 0.6) is 0 Å². The summed E-state index contributed by atoms with van der Waals surface area (Å²) < 4.78 is 0. The van der Waals surface area contributed by atoms with E-state index in [1.165, 1.54) is 38.5 Å². The number of aliphatic hydroxyl groups is 1. The quantitative estimate of drug-likeness (QED) is 0.780. The third-order valence-corrected chi connectivity index (χ3v) is 7.51. The highest BCUT2D eigenvalue weighted by Crippen LogP contribution is 2.60. The Balaban J connectivity index is 1.79. The Kier molecular flexibility index (Phi) is 4.45. The van der Waals surface area contributed by atoms with Gasteiger partial charge in [-0.1, -0.05) is 20.3 Å². The van der Waals surface area contributed by atoms with Crippen LogP contribution in [0, 0.1) is 40.4 Å². The molecule has 21 heavy (non-hydrogen) atoms. The number of nitrogens with one attached hydrogen (secondary N) is 1. The van der Waals surface area contributed by atoms with Gasteiger partial charge in [0.1, 0.15) is 0 Å². The van der Waals surface area contributed by atoms with Crippen LogP contribution in [-0.2, 0) is 0 Å². The van der Waals surface area contributed by atoms with Crippen LogP contribution in [0.4, 0.5) is 0 Å². The summed E-state index contributed by atoms with van der Waals surface area (Å²) in [6.45, 7) is 5.36. The number of hydrogen-bond donors (Lipinski definition) is 2. The molecule has 6 atom stereocenters. The summed E-state index contributed by atoms with van der Waals surface area (Å²) in [5, 5.41) is 17.3. The maximum Gasteiger partial charge on any atom is 0.0431 e. The molecule has 2 N–H and O–H groups in total. The zero-order valence-electron chi connectivity index (χ0n) is 13.9. The van der Waals surface area contributed by atoms with Crippen molar-refractivity contribution in [3.8, 4) is 0 Å². The molecule has 0 radical (unpaired) electrons. The summed E-state index contributed by atoms with van der Waals surface area (Å²) in [5.74, 6) is 4.26. The predicted octanol–water partition coefficient (Wildman–Crippen LogP) is 4.66. The number of fused-ring (bicyclic) bond motifs is 3. The molecule has 0 aromatic rings. The van der Waals surface area contributed by atoms with E-state index in [1.807, 2.05) is 0 Å². The van der Waals surface area contributed by atoms with Crippen molar-refractivity contribution in [1.29, 1.82) is 5.41 Å². The zero-order valence-corrected chi connectivity index (χ0v) is 13.9. The van der Waals surface area contributed by atoms with Gasteiger partial charge in [0.25, 0.3) is 0 Å². The lowest BCUT2D eigenvalue weighted by atomic mass is 9.46. The Morgan fingerprint density at radius 2 is 2.05 bits per heavy atom. The van der Waals surface area contributed by atoms with Crippen molar-refractivity contribution in [2.24, 2.45) is 35.0 Å². The van der Waals surface area contributed by atoms with Crippen molar-refractivity contribution in [1.82, 2.24) is 0 Å². The Bertz CT molecular complexity index is 393. The standard InChI is InChI=1S/C19H33NO/c1-13-5-8-18-17(16(13)4-3-11-21)7-6-14-12-15(20)9-10-19(14,18)2/h13-14,16-18,20-21H,3-12H2,1-2H3/t13-,14?,16?,17?,18?,19+/m1/s1. The van der Waals surface area contributed by atoms with Gasteiger partial charge in [0.2, 0.25) is 0 Å². The highest BCUT2D eigenvalue weighted by molar-refractivity contribution is 5.82. The topological polar surface area (TPSA) is 44.1 Å². The molecule has 4 unspecified atom stereocenters. The Hall–Kier alpha value is -0.370. The molecule has 3 rings (SSSR count). The summed E-state index contributed by atoms with van der Waals surface area (Å²) in [5.41, 5.74) is 1.52. The fourth-order valence-corrected chi connectivity index (χ4v) is 6.22. The number of hydrogen-bond acceptors (Lipinski definition) is 2. The monoisotopic (exact) mass is 291 g/mol. The first-order valence-corrected chi connectivity index (χ1v) is 9.23. The van der Waals surface area contributed by atoms with Gasteiger partial charge >= 0.3 is 0 Å². The maximum atomic E-state index is 9.22. The van der Waals surface area contributed by atoms with Gasteiger partial charge in [0.05, 0.1) is 0 Å². The van der Waals surface area contributed by atoms with E-state index in [9.17, 15) is 5.11 Å². The zero-order chi connectivity index (χ0) is 15.0. The molecule has 2 nitrogen and oxygen atoms in total. The summed E-state index contributed by atoms with van der Waals surface area (Å²) >= 11 is 0. The molecule has 120 valence electrons. The fourth-order valence-electron chi connectivity index (χ4n) is 6.22. The Morgan fingerprint density at radius 1 is 1.24 bits per heavy atom. The smallest absolute Gasteiger partial charge is 0.0431 e. The Morgan fingerprint density at radius 3 is 2.81 bits per heavy atom. The van der Waals surface area contributed by atoms with Gasteiger partial charge in [-0.05, 0) is 86.4 Å². The van der Waals surface area contributed by atoms with Crippen molar-refractivity contribution in [2.45, 2.75) is 71.6 Å². The minimum Gasteiger partial charge on any atom is -0.396 e. The van der Waals surface area contributed by atoms with Gasteiger partial charge in [0.15, 0.2) is 0 Å². The fraction of sp³-hybridized carbons (Fsp3) is 0.947. The molecule has 3 saturated carbocycles. The van der Waals surface area contributed by atoms with Crippen molar-refractivity contribution >= 4 is 5.71 Å². The summed E-state index contributed by atoms with van der Waals surface area (Å²) in [6, 6.07) is 0. The molecule has 0 heterocycles. The first kappa shape index (κ1) is 15.5. The Labute approximate surface area is 130 Å². The van der Waals surface area contributed by atoms with Crippen molar-refractivity contribution in [2.75, 3.05) is 6.61 Å². The van der Waals surface area contributed by atoms with Crippen LogP contribution in [0.2, 0.25) is 0 Å².